The van der Waals surface area contributed by atoms with Crippen molar-refractivity contribution < 1.29 is 28.6 Å². The van der Waals surface area contributed by atoms with Crippen LogP contribution in [-0.4, -0.2) is 30.1 Å². The van der Waals surface area contributed by atoms with Gasteiger partial charge in [0.2, 0.25) is 0 Å². The summed E-state index contributed by atoms with van der Waals surface area (Å²) in [5.74, 6) is 5.75. The number of hydrogen-bond donors (Lipinski definition) is 0. The predicted molar refractivity (Wildman–Crippen MR) is 352 cm³/mol. The number of nitriles is 1. The van der Waals surface area contributed by atoms with Crippen LogP contribution in [0.2, 0.25) is 0 Å². The largest absolute Gasteiger partial charge is 0.462 e. The van der Waals surface area contributed by atoms with Crippen LogP contribution in [0.1, 0.15) is 267 Å². The molecule has 0 aromatic heterocycles. The molecule has 0 radical (unpaired) electrons. The Hall–Kier alpha value is -5.48. The molecule has 4 aliphatic carbocycles. The molecule has 3 saturated carbocycles. The first-order chi connectivity index (χ1) is 40.9. The molecular weight excluding hydrogens is 1050 g/mol. The van der Waals surface area contributed by atoms with Gasteiger partial charge in [-0.2, -0.15) is 5.26 Å². The fourth-order valence-electron chi connectivity index (χ4n) is 15.0. The van der Waals surface area contributed by atoms with E-state index < -0.39 is 5.97 Å². The van der Waals surface area contributed by atoms with Gasteiger partial charge in [-0.05, 0) is 202 Å². The van der Waals surface area contributed by atoms with E-state index in [0.717, 1.165) is 91.1 Å². The minimum Gasteiger partial charge on any atom is -0.462 e. The molecule has 4 aliphatic rings. The normalized spacial score (nSPS) is 23.5. The van der Waals surface area contributed by atoms with E-state index in [1.54, 1.807) is 42.0 Å². The maximum Gasteiger partial charge on any atom is 0.343 e. The zero-order chi connectivity index (χ0) is 61.4. The van der Waals surface area contributed by atoms with Crippen LogP contribution in [0.15, 0.2) is 109 Å². The van der Waals surface area contributed by atoms with E-state index in [9.17, 15) is 14.4 Å². The summed E-state index contributed by atoms with van der Waals surface area (Å²) >= 11 is 0. The SMILES string of the molecule is CCC(C)Cc1ccc(-c2ccc(C#N)cc2)cc1.CCCCCCC(C)OC(=O)c1ccc(OC(=O)c2ccc(C)cc2)cc1.CCCCCCCCC(=O)O[C@H]1CC[C@@]2(C)C(=CC[C@H]3[C@@H]4CC[C@H]([C@H](C)CCCC(C)CC)[C@@]4(C)CC[C@@H]32)C1. The number of ether oxygens (including phenoxy) is 3. The summed E-state index contributed by atoms with van der Waals surface area (Å²) in [6.07, 6.45) is 34.4. The number of fused-ring (bicyclic) bond motifs is 5. The van der Waals surface area contributed by atoms with E-state index in [0.29, 0.717) is 39.7 Å². The minimum absolute atomic E-state index is 0.0529. The first-order valence-electron chi connectivity index (χ1n) is 34.0. The summed E-state index contributed by atoms with van der Waals surface area (Å²) in [5, 5.41) is 8.79. The van der Waals surface area contributed by atoms with Crippen LogP contribution in [0.5, 0.6) is 5.75 Å². The number of nitrogens with zero attached hydrogens (tertiary/aromatic N) is 1. The van der Waals surface area contributed by atoms with Crippen molar-refractivity contribution in [2.45, 2.75) is 255 Å². The molecule has 0 heterocycles. The summed E-state index contributed by atoms with van der Waals surface area (Å²) < 4.78 is 16.9. The monoisotopic (exact) mass is 1160 g/mol. The lowest BCUT2D eigenvalue weighted by Gasteiger charge is -2.58. The summed E-state index contributed by atoms with van der Waals surface area (Å²) in [4.78, 5) is 36.9. The molecule has 4 aromatic rings. The molecule has 3 unspecified atom stereocenters. The molecule has 11 atom stereocenters. The standard InChI is InChI=1S/C37H64O2.C23H28O4.C18H19N/c1-7-9-10-11-12-13-17-35(38)39-30-22-24-36(5)29(26-30)18-19-31-33-21-20-32(37(33,6)25-23-34(31)36)28(4)16-14-15-27(3)8-2;1-4-5-6-7-8-18(3)26-22(24)20-13-15-21(16-14-20)27-23(25)19-11-9-17(2)10-12-19;1-3-14(2)12-15-4-8-17(9-5-15)18-10-6-16(13-19)7-11-18/h18,27-28,30-34H,7-17,19-26H2,1-6H3;9-16,18H,4-8H2,1-3H3;4-11,14H,3,12H2,1-2H3/t27?,28-,30+,31+,32-,33+,34+,36+,37-;;/m1../s1. The molecule has 7 nitrogen and oxygen atoms in total. The number of esters is 3. The van der Waals surface area contributed by atoms with Gasteiger partial charge in [0.05, 0.1) is 28.9 Å². The van der Waals surface area contributed by atoms with Gasteiger partial charge in [-0.25, -0.2) is 9.59 Å². The van der Waals surface area contributed by atoms with Crippen LogP contribution in [-0.2, 0) is 20.7 Å². The predicted octanol–water partition coefficient (Wildman–Crippen LogP) is 21.6. The molecule has 0 bridgehead atoms. The van der Waals surface area contributed by atoms with Gasteiger partial charge in [0.25, 0.3) is 0 Å². The second-order valence-electron chi connectivity index (χ2n) is 27.2. The number of rotatable bonds is 27. The number of hydrogen-bond acceptors (Lipinski definition) is 7. The molecule has 8 rings (SSSR count). The van der Waals surface area contributed by atoms with Crippen LogP contribution >= 0.6 is 0 Å². The van der Waals surface area contributed by atoms with Crippen LogP contribution in [0.25, 0.3) is 11.1 Å². The lowest BCUT2D eigenvalue weighted by molar-refractivity contribution is -0.151. The molecule has 7 heteroatoms. The molecule has 0 saturated heterocycles. The number of benzene rings is 4. The van der Waals surface area contributed by atoms with Crippen LogP contribution < -0.4 is 4.74 Å². The third kappa shape index (κ3) is 20.3. The first-order valence-corrected chi connectivity index (χ1v) is 34.0. The molecule has 0 N–H and O–H groups in total. The number of allylic oxidation sites excluding steroid dienone is 1. The third-order valence-corrected chi connectivity index (χ3v) is 20.8. The van der Waals surface area contributed by atoms with Gasteiger partial charge in [0.1, 0.15) is 11.9 Å². The van der Waals surface area contributed by atoms with Crippen molar-refractivity contribution in [3.8, 4) is 22.9 Å². The highest BCUT2D eigenvalue weighted by Gasteiger charge is 2.59. The van der Waals surface area contributed by atoms with Gasteiger partial charge < -0.3 is 14.2 Å². The summed E-state index contributed by atoms with van der Waals surface area (Å²) in [7, 11) is 0. The molecule has 0 spiro atoms. The molecule has 464 valence electrons. The summed E-state index contributed by atoms with van der Waals surface area (Å²) in [6, 6.07) is 32.2. The van der Waals surface area contributed by atoms with E-state index >= 15 is 0 Å². The zero-order valence-corrected chi connectivity index (χ0v) is 54.8. The van der Waals surface area contributed by atoms with E-state index in [4.69, 9.17) is 19.5 Å². The van der Waals surface area contributed by atoms with E-state index in [1.165, 1.54) is 133 Å². The average molecular weight is 1160 g/mol. The van der Waals surface area contributed by atoms with Gasteiger partial charge in [-0.3, -0.25) is 4.79 Å². The number of carbonyl (C=O) groups is 3. The first kappa shape index (κ1) is 68.6. The average Bonchev–Trinajstić information content (AvgIpc) is 1.76. The summed E-state index contributed by atoms with van der Waals surface area (Å²) in [6.45, 7) is 25.5. The number of carbonyl (C=O) groups excluding carboxylic acids is 3. The fraction of sp³-hybridized carbons (Fsp3) is 0.615. The maximum atomic E-state index is 12.6. The number of unbranched alkanes of at least 4 members (excludes halogenated alkanes) is 8. The van der Waals surface area contributed by atoms with Crippen molar-refractivity contribution in [3.63, 3.8) is 0 Å². The molecule has 3 fully saturated rings. The van der Waals surface area contributed by atoms with Crippen LogP contribution in [0.4, 0.5) is 0 Å². The van der Waals surface area contributed by atoms with E-state index in [-0.39, 0.29) is 24.1 Å². The smallest absolute Gasteiger partial charge is 0.343 e. The Morgan fingerprint density at radius 1 is 0.624 bits per heavy atom. The molecule has 4 aromatic carbocycles. The second kappa shape index (κ2) is 34.8. The highest BCUT2D eigenvalue weighted by atomic mass is 16.5. The zero-order valence-electron chi connectivity index (χ0n) is 54.8. The van der Waals surface area contributed by atoms with Crippen molar-refractivity contribution in [1.82, 2.24) is 0 Å². The van der Waals surface area contributed by atoms with Gasteiger partial charge in [0, 0.05) is 12.8 Å². The fourth-order valence-corrected chi connectivity index (χ4v) is 15.0. The summed E-state index contributed by atoms with van der Waals surface area (Å²) in [5.41, 5.74) is 9.02. The lowest BCUT2D eigenvalue weighted by atomic mass is 9.47. The molecule has 85 heavy (non-hydrogen) atoms. The van der Waals surface area contributed by atoms with Crippen molar-refractivity contribution in [1.29, 1.82) is 5.26 Å². The quantitative estimate of drug-likeness (QED) is 0.0254. The Bertz CT molecular complexity index is 2700. The van der Waals surface area contributed by atoms with Gasteiger partial charge in [-0.1, -0.05) is 212 Å². The van der Waals surface area contributed by atoms with Gasteiger partial charge in [0.15, 0.2) is 0 Å². The van der Waals surface area contributed by atoms with Crippen molar-refractivity contribution in [2.24, 2.45) is 52.3 Å². The van der Waals surface area contributed by atoms with Crippen molar-refractivity contribution in [2.75, 3.05) is 0 Å². The Morgan fingerprint density at radius 2 is 1.24 bits per heavy atom. The van der Waals surface area contributed by atoms with Crippen LogP contribution in [0.3, 0.4) is 0 Å². The third-order valence-electron chi connectivity index (χ3n) is 20.8. The highest BCUT2D eigenvalue weighted by molar-refractivity contribution is 5.92. The molecule has 0 aliphatic heterocycles. The second-order valence-corrected chi connectivity index (χ2v) is 27.2. The Balaban J connectivity index is 0.000000218. The Kier molecular flexibility index (Phi) is 28.1. The minimum atomic E-state index is -0.425. The Morgan fingerprint density at radius 3 is 1.88 bits per heavy atom. The van der Waals surface area contributed by atoms with E-state index in [2.05, 4.69) is 98.7 Å². The highest BCUT2D eigenvalue weighted by Crippen LogP contribution is 2.67. The Labute approximate surface area is 516 Å². The molecule has 0 amide bonds. The van der Waals surface area contributed by atoms with Crippen molar-refractivity contribution >= 4 is 17.9 Å². The van der Waals surface area contributed by atoms with Crippen molar-refractivity contribution in [3.05, 3.63) is 137 Å². The number of aryl methyl sites for hydroxylation is 1. The van der Waals surface area contributed by atoms with Crippen LogP contribution in [0, 0.1) is 70.5 Å². The topological polar surface area (TPSA) is 103 Å². The lowest BCUT2D eigenvalue weighted by Crippen LogP contribution is -2.51. The van der Waals surface area contributed by atoms with Gasteiger partial charge in [-0.15, -0.1) is 0 Å². The van der Waals surface area contributed by atoms with Gasteiger partial charge >= 0.3 is 17.9 Å². The molecular formula is C78H111NO6. The van der Waals surface area contributed by atoms with E-state index in [1.807, 2.05) is 50.2 Å². The maximum absolute atomic E-state index is 12.6.